The number of amides is 1. The fourth-order valence-corrected chi connectivity index (χ4v) is 3.29. The Morgan fingerprint density at radius 1 is 1.18 bits per heavy atom. The zero-order valence-corrected chi connectivity index (χ0v) is 15.8. The number of fused-ring (bicyclic) bond motifs is 1. The van der Waals surface area contributed by atoms with Crippen LogP contribution in [-0.2, 0) is 11.3 Å². The lowest BCUT2D eigenvalue weighted by atomic mass is 9.93. The van der Waals surface area contributed by atoms with Gasteiger partial charge in [0.05, 0.1) is 18.3 Å². The third-order valence-electron chi connectivity index (χ3n) is 4.81. The quantitative estimate of drug-likeness (QED) is 0.715. The Morgan fingerprint density at radius 3 is 2.75 bits per heavy atom. The van der Waals surface area contributed by atoms with Crippen molar-refractivity contribution in [1.29, 1.82) is 0 Å². The molecular weight excluding hydrogens is 354 g/mol. The molecule has 28 heavy (non-hydrogen) atoms. The smallest absolute Gasteiger partial charge is 0.240 e. The molecule has 1 aromatic heterocycles. The summed E-state index contributed by atoms with van der Waals surface area (Å²) in [6.45, 7) is 2.65. The van der Waals surface area contributed by atoms with Gasteiger partial charge in [-0.25, -0.2) is 15.4 Å². The number of aromatic nitrogens is 2. The molecule has 1 unspecified atom stereocenters. The highest BCUT2D eigenvalue weighted by Gasteiger charge is 2.22. The third kappa shape index (κ3) is 3.64. The van der Waals surface area contributed by atoms with E-state index in [1.807, 2.05) is 49.4 Å². The van der Waals surface area contributed by atoms with Crippen molar-refractivity contribution in [1.82, 2.24) is 15.4 Å². The summed E-state index contributed by atoms with van der Waals surface area (Å²) < 4.78 is 5.19. The van der Waals surface area contributed by atoms with Crippen LogP contribution >= 0.6 is 0 Å². The second-order valence-electron chi connectivity index (χ2n) is 6.79. The maximum Gasteiger partial charge on any atom is 0.240 e. The predicted molar refractivity (Wildman–Crippen MR) is 108 cm³/mol. The molecule has 2 N–H and O–H groups in total. The van der Waals surface area contributed by atoms with Gasteiger partial charge in [0.1, 0.15) is 17.9 Å². The van der Waals surface area contributed by atoms with Crippen LogP contribution in [0, 0.1) is 5.92 Å². The Bertz CT molecular complexity index is 1050. The van der Waals surface area contributed by atoms with Crippen molar-refractivity contribution >= 4 is 28.3 Å². The number of hydrogen-bond acceptors (Lipinski definition) is 6. The average Bonchev–Trinajstić information content (AvgIpc) is 2.72. The van der Waals surface area contributed by atoms with Crippen LogP contribution in [-0.4, -0.2) is 28.7 Å². The van der Waals surface area contributed by atoms with Crippen LogP contribution < -0.4 is 15.5 Å². The zero-order chi connectivity index (χ0) is 19.5. The summed E-state index contributed by atoms with van der Waals surface area (Å²) >= 11 is 0. The standard InChI is InChI=1S/C21H21N5O2/c1-13-9-19(27)25-26-20(13)15-5-8-17-18(10-15)23-12-24-21(17)22-11-14-3-6-16(28-2)7-4-14/h3-8,10,12-13H,9,11H2,1-2H3,(H,25,27)(H,22,23,24). The van der Waals surface area contributed by atoms with Crippen molar-refractivity contribution in [2.75, 3.05) is 12.4 Å². The summed E-state index contributed by atoms with van der Waals surface area (Å²) in [5.41, 5.74) is 6.35. The Morgan fingerprint density at radius 2 is 2.00 bits per heavy atom. The van der Waals surface area contributed by atoms with E-state index in [-0.39, 0.29) is 11.8 Å². The van der Waals surface area contributed by atoms with Gasteiger partial charge in [-0.2, -0.15) is 5.10 Å². The minimum atomic E-state index is -0.0515. The fourth-order valence-electron chi connectivity index (χ4n) is 3.29. The molecule has 0 radical (unpaired) electrons. The highest BCUT2D eigenvalue weighted by atomic mass is 16.5. The molecule has 2 heterocycles. The second-order valence-corrected chi connectivity index (χ2v) is 6.79. The van der Waals surface area contributed by atoms with Gasteiger partial charge in [-0.15, -0.1) is 0 Å². The van der Waals surface area contributed by atoms with Gasteiger partial charge in [0.2, 0.25) is 5.91 Å². The number of carbonyl (C=O) groups is 1. The molecule has 0 fully saturated rings. The monoisotopic (exact) mass is 375 g/mol. The number of benzene rings is 2. The van der Waals surface area contributed by atoms with Gasteiger partial charge < -0.3 is 10.1 Å². The first-order chi connectivity index (χ1) is 13.6. The highest BCUT2D eigenvalue weighted by Crippen LogP contribution is 2.24. The number of carbonyl (C=O) groups excluding carboxylic acids is 1. The summed E-state index contributed by atoms with van der Waals surface area (Å²) in [6.07, 6.45) is 1.99. The first-order valence-corrected chi connectivity index (χ1v) is 9.12. The number of hydrazone groups is 1. The van der Waals surface area contributed by atoms with E-state index in [1.165, 1.54) is 0 Å². The molecular formula is C21H21N5O2. The van der Waals surface area contributed by atoms with E-state index in [1.54, 1.807) is 13.4 Å². The van der Waals surface area contributed by atoms with Gasteiger partial charge in [-0.3, -0.25) is 4.79 Å². The van der Waals surface area contributed by atoms with Crippen LogP contribution in [0.25, 0.3) is 10.9 Å². The topological polar surface area (TPSA) is 88.5 Å². The molecule has 0 aliphatic carbocycles. The molecule has 1 atom stereocenters. The first-order valence-electron chi connectivity index (χ1n) is 9.12. The van der Waals surface area contributed by atoms with E-state index >= 15 is 0 Å². The molecule has 0 saturated heterocycles. The minimum Gasteiger partial charge on any atom is -0.497 e. The number of methoxy groups -OCH3 is 1. The van der Waals surface area contributed by atoms with Crippen molar-refractivity contribution < 1.29 is 9.53 Å². The first kappa shape index (κ1) is 17.9. The predicted octanol–water partition coefficient (Wildman–Crippen LogP) is 3.11. The molecule has 0 bridgehead atoms. The number of anilines is 1. The van der Waals surface area contributed by atoms with Gasteiger partial charge >= 0.3 is 0 Å². The van der Waals surface area contributed by atoms with Gasteiger partial charge in [-0.1, -0.05) is 25.1 Å². The Hall–Kier alpha value is -3.48. The van der Waals surface area contributed by atoms with E-state index in [9.17, 15) is 4.79 Å². The Balaban J connectivity index is 1.57. The summed E-state index contributed by atoms with van der Waals surface area (Å²) in [4.78, 5) is 20.3. The van der Waals surface area contributed by atoms with Crippen LogP contribution in [0.15, 0.2) is 53.9 Å². The second kappa shape index (κ2) is 7.64. The van der Waals surface area contributed by atoms with Crippen molar-refractivity contribution in [3.63, 3.8) is 0 Å². The maximum atomic E-state index is 11.5. The van der Waals surface area contributed by atoms with Crippen LogP contribution in [0.1, 0.15) is 24.5 Å². The lowest BCUT2D eigenvalue weighted by Gasteiger charge is -2.19. The van der Waals surface area contributed by atoms with E-state index in [2.05, 4.69) is 25.8 Å². The van der Waals surface area contributed by atoms with Crippen molar-refractivity contribution in [2.45, 2.75) is 19.9 Å². The van der Waals surface area contributed by atoms with Gasteiger partial charge in [-0.05, 0) is 29.8 Å². The van der Waals surface area contributed by atoms with Gasteiger partial charge in [0, 0.05) is 29.8 Å². The van der Waals surface area contributed by atoms with Crippen molar-refractivity contribution in [3.8, 4) is 5.75 Å². The van der Waals surface area contributed by atoms with Crippen LogP contribution in [0.4, 0.5) is 5.82 Å². The van der Waals surface area contributed by atoms with Crippen molar-refractivity contribution in [3.05, 3.63) is 59.9 Å². The zero-order valence-electron chi connectivity index (χ0n) is 15.8. The fraction of sp³-hybridized carbons (Fsp3) is 0.238. The molecule has 7 nitrogen and oxygen atoms in total. The number of rotatable bonds is 5. The Kier molecular flexibility index (Phi) is 4.89. The Labute approximate surface area is 162 Å². The minimum absolute atomic E-state index is 0.0515. The van der Waals surface area contributed by atoms with Gasteiger partial charge in [0.15, 0.2) is 0 Å². The van der Waals surface area contributed by atoms with E-state index in [0.717, 1.165) is 39.3 Å². The SMILES string of the molecule is COc1ccc(CNc2ncnc3cc(C4=NNC(=O)CC4C)ccc23)cc1. The maximum absolute atomic E-state index is 11.5. The summed E-state index contributed by atoms with van der Waals surface area (Å²) in [5.74, 6) is 1.63. The van der Waals surface area contributed by atoms with Crippen LogP contribution in [0.3, 0.4) is 0 Å². The largest absolute Gasteiger partial charge is 0.497 e. The molecule has 4 rings (SSSR count). The van der Waals surface area contributed by atoms with Crippen LogP contribution in [0.2, 0.25) is 0 Å². The molecule has 0 saturated carbocycles. The lowest BCUT2D eigenvalue weighted by Crippen LogP contribution is -2.31. The summed E-state index contributed by atoms with van der Waals surface area (Å²) in [6, 6.07) is 13.9. The van der Waals surface area contributed by atoms with Crippen LogP contribution in [0.5, 0.6) is 5.75 Å². The molecule has 1 aliphatic rings. The van der Waals surface area contributed by atoms with Crippen molar-refractivity contribution in [2.24, 2.45) is 11.0 Å². The number of nitrogens with one attached hydrogen (secondary N) is 2. The van der Waals surface area contributed by atoms with E-state index < -0.39 is 0 Å². The molecule has 1 amide bonds. The van der Waals surface area contributed by atoms with E-state index in [0.29, 0.717) is 13.0 Å². The molecule has 0 spiro atoms. The third-order valence-corrected chi connectivity index (χ3v) is 4.81. The highest BCUT2D eigenvalue weighted by molar-refractivity contribution is 6.07. The lowest BCUT2D eigenvalue weighted by molar-refractivity contribution is -0.121. The molecule has 2 aromatic carbocycles. The average molecular weight is 375 g/mol. The number of nitrogens with zero attached hydrogens (tertiary/aromatic N) is 3. The van der Waals surface area contributed by atoms with E-state index in [4.69, 9.17) is 4.74 Å². The molecule has 1 aliphatic heterocycles. The molecule has 3 aromatic rings. The summed E-state index contributed by atoms with van der Waals surface area (Å²) in [7, 11) is 1.65. The molecule has 142 valence electrons. The number of ether oxygens (including phenoxy) is 1. The molecule has 7 heteroatoms. The number of hydrogen-bond donors (Lipinski definition) is 2. The normalized spacial score (nSPS) is 16.4. The summed E-state index contributed by atoms with van der Waals surface area (Å²) in [5, 5.41) is 8.54. The van der Waals surface area contributed by atoms with Gasteiger partial charge in [0.25, 0.3) is 0 Å².